The number of hydrogen-bond donors (Lipinski definition) is 0. The van der Waals surface area contributed by atoms with Crippen molar-refractivity contribution in [2.24, 2.45) is 0 Å². The van der Waals surface area contributed by atoms with Crippen LogP contribution in [0, 0.1) is 5.82 Å². The molecule has 0 saturated carbocycles. The molecule has 5 rings (SSSR count). The number of ether oxygens (including phenoxy) is 2. The molecule has 5 aromatic rings. The van der Waals surface area contributed by atoms with Gasteiger partial charge in [-0.15, -0.1) is 0 Å². The molecule has 178 valence electrons. The predicted molar refractivity (Wildman–Crippen MR) is 139 cm³/mol. The minimum absolute atomic E-state index is 0.226. The van der Waals surface area contributed by atoms with Crippen LogP contribution in [-0.2, 0) is 6.54 Å². The van der Waals surface area contributed by atoms with Crippen molar-refractivity contribution in [3.05, 3.63) is 121 Å². The lowest BCUT2D eigenvalue weighted by Crippen LogP contribution is -2.33. The van der Waals surface area contributed by atoms with Crippen LogP contribution in [0.15, 0.2) is 109 Å². The van der Waals surface area contributed by atoms with Crippen LogP contribution in [0.4, 0.5) is 4.39 Å². The molecule has 0 fully saturated rings. The maximum absolute atomic E-state index is 13.2. The van der Waals surface area contributed by atoms with Crippen LogP contribution in [0.25, 0.3) is 33.6 Å². The first-order valence-corrected chi connectivity index (χ1v) is 11.7. The molecule has 0 spiro atoms. The average Bonchev–Trinajstić information content (AvgIpc) is 2.94. The minimum Gasteiger partial charge on any atom is -0.497 e. The third-order valence-electron chi connectivity index (χ3n) is 6.13. The Balaban J connectivity index is 1.50. The van der Waals surface area contributed by atoms with Crippen LogP contribution in [0.2, 0.25) is 0 Å². The highest BCUT2D eigenvalue weighted by Crippen LogP contribution is 2.34. The second kappa shape index (κ2) is 10.4. The van der Waals surface area contributed by atoms with Crippen molar-refractivity contribution in [1.29, 1.82) is 0 Å². The maximum atomic E-state index is 13.2. The third kappa shape index (κ3) is 5.10. The summed E-state index contributed by atoms with van der Waals surface area (Å²) < 4.78 is 25.9. The van der Waals surface area contributed by atoms with Gasteiger partial charge >= 0.3 is 0 Å². The smallest absolute Gasteiger partial charge is 0.173 e. The third-order valence-corrected chi connectivity index (χ3v) is 6.13. The van der Waals surface area contributed by atoms with E-state index in [-0.39, 0.29) is 5.82 Å². The van der Waals surface area contributed by atoms with Crippen LogP contribution < -0.4 is 14.0 Å². The molecule has 0 unspecified atom stereocenters. The van der Waals surface area contributed by atoms with E-state index in [1.165, 1.54) is 12.1 Å². The first-order chi connectivity index (χ1) is 17.6. The Morgan fingerprint density at radius 3 is 1.81 bits per heavy atom. The van der Waals surface area contributed by atoms with Crippen LogP contribution >= 0.6 is 0 Å². The molecule has 0 bridgehead atoms. The van der Waals surface area contributed by atoms with Gasteiger partial charge < -0.3 is 9.47 Å². The summed E-state index contributed by atoms with van der Waals surface area (Å²) in [5.41, 5.74) is 6.93. The predicted octanol–water partition coefficient (Wildman–Crippen LogP) is 6.57. The van der Waals surface area contributed by atoms with Crippen molar-refractivity contribution < 1.29 is 18.4 Å². The number of pyridine rings is 2. The van der Waals surface area contributed by atoms with Crippen LogP contribution in [0.5, 0.6) is 11.5 Å². The molecule has 3 aromatic carbocycles. The summed E-state index contributed by atoms with van der Waals surface area (Å²) in [5.74, 6) is 1.39. The summed E-state index contributed by atoms with van der Waals surface area (Å²) in [6, 6.07) is 30.8. The number of nitrogens with zero attached hydrogens (tertiary/aromatic N) is 2. The molecule has 0 saturated heterocycles. The number of halogens is 1. The Labute approximate surface area is 210 Å². The van der Waals surface area contributed by atoms with Crippen molar-refractivity contribution in [3.63, 3.8) is 0 Å². The topological polar surface area (TPSA) is 35.2 Å². The first-order valence-electron chi connectivity index (χ1n) is 11.7. The SMILES string of the molecule is COc1ccc(-c2ccc(-c3cc[n+](Cc4ccc(F)cc4)cc3)nc2-c2ccc(OC)cc2)cc1. The van der Waals surface area contributed by atoms with Gasteiger partial charge in [-0.3, -0.25) is 0 Å². The van der Waals surface area contributed by atoms with E-state index in [9.17, 15) is 4.39 Å². The van der Waals surface area contributed by atoms with Gasteiger partial charge in [-0.05, 0) is 72.3 Å². The first kappa shape index (κ1) is 23.2. The van der Waals surface area contributed by atoms with Crippen molar-refractivity contribution in [2.45, 2.75) is 6.54 Å². The fraction of sp³-hybridized carbons (Fsp3) is 0.0968. The number of hydrogen-bond acceptors (Lipinski definition) is 3. The quantitative estimate of drug-likeness (QED) is 0.249. The molecular weight excluding hydrogens is 451 g/mol. The fourth-order valence-electron chi connectivity index (χ4n) is 4.13. The van der Waals surface area contributed by atoms with Gasteiger partial charge in [0.2, 0.25) is 0 Å². The molecule has 0 aliphatic carbocycles. The molecular formula is C31H26FN2O2+. The molecule has 2 aromatic heterocycles. The lowest BCUT2D eigenvalue weighted by molar-refractivity contribution is -0.688. The molecule has 0 radical (unpaired) electrons. The lowest BCUT2D eigenvalue weighted by atomic mass is 9.98. The number of benzene rings is 3. The Morgan fingerprint density at radius 1 is 0.639 bits per heavy atom. The Bertz CT molecular complexity index is 1450. The van der Waals surface area contributed by atoms with Crippen LogP contribution in [0.1, 0.15) is 5.56 Å². The van der Waals surface area contributed by atoms with Gasteiger partial charge in [0.1, 0.15) is 17.3 Å². The zero-order valence-corrected chi connectivity index (χ0v) is 20.2. The van der Waals surface area contributed by atoms with E-state index in [2.05, 4.69) is 22.8 Å². The maximum Gasteiger partial charge on any atom is 0.173 e. The monoisotopic (exact) mass is 477 g/mol. The van der Waals surface area contributed by atoms with Crippen molar-refractivity contribution in [3.8, 4) is 45.1 Å². The van der Waals surface area contributed by atoms with Crippen molar-refractivity contribution >= 4 is 0 Å². The van der Waals surface area contributed by atoms with Gasteiger partial charge in [-0.1, -0.05) is 18.2 Å². The van der Waals surface area contributed by atoms with E-state index in [1.807, 2.05) is 67.0 Å². The Morgan fingerprint density at radius 2 is 1.22 bits per heavy atom. The summed E-state index contributed by atoms with van der Waals surface area (Å²) in [5, 5.41) is 0. The van der Waals surface area contributed by atoms with Gasteiger partial charge in [0, 0.05) is 34.4 Å². The van der Waals surface area contributed by atoms with Crippen molar-refractivity contribution in [1.82, 2.24) is 4.98 Å². The highest BCUT2D eigenvalue weighted by molar-refractivity contribution is 5.83. The average molecular weight is 478 g/mol. The zero-order valence-electron chi connectivity index (χ0n) is 20.2. The molecule has 0 amide bonds. The summed E-state index contributed by atoms with van der Waals surface area (Å²) in [6.07, 6.45) is 4.04. The largest absolute Gasteiger partial charge is 0.497 e. The van der Waals surface area contributed by atoms with E-state index in [4.69, 9.17) is 14.5 Å². The highest BCUT2D eigenvalue weighted by Gasteiger charge is 2.13. The number of rotatable bonds is 7. The molecule has 5 heteroatoms. The number of aromatic nitrogens is 2. The van der Waals surface area contributed by atoms with Gasteiger partial charge in [-0.25, -0.2) is 13.9 Å². The zero-order chi connectivity index (χ0) is 24.9. The Kier molecular flexibility index (Phi) is 6.72. The molecule has 2 heterocycles. The molecule has 0 atom stereocenters. The van der Waals surface area contributed by atoms with E-state index in [0.29, 0.717) is 6.54 Å². The molecule has 4 nitrogen and oxygen atoms in total. The van der Waals surface area contributed by atoms with Gasteiger partial charge in [-0.2, -0.15) is 0 Å². The standard InChI is InChI=1S/C31H26FN2O2/c1-35-27-11-5-23(6-12-27)29-15-16-30(33-31(29)25-7-13-28(36-2)14-8-25)24-17-19-34(20-18-24)21-22-3-9-26(32)10-4-22/h3-20H,21H2,1-2H3/q+1. The van der Waals surface area contributed by atoms with Gasteiger partial charge in [0.05, 0.1) is 25.6 Å². The van der Waals surface area contributed by atoms with Gasteiger partial charge in [0.25, 0.3) is 0 Å². The van der Waals surface area contributed by atoms with E-state index < -0.39 is 0 Å². The normalized spacial score (nSPS) is 10.8. The fourth-order valence-corrected chi connectivity index (χ4v) is 4.13. The summed E-state index contributed by atoms with van der Waals surface area (Å²) in [7, 11) is 3.33. The molecule has 36 heavy (non-hydrogen) atoms. The number of methoxy groups -OCH3 is 2. The highest BCUT2D eigenvalue weighted by atomic mass is 19.1. The molecule has 0 aliphatic heterocycles. The minimum atomic E-state index is -0.226. The summed E-state index contributed by atoms with van der Waals surface area (Å²) in [6.45, 7) is 0.668. The van der Waals surface area contributed by atoms with Crippen LogP contribution in [0.3, 0.4) is 0 Å². The Hall–Kier alpha value is -4.51. The summed E-state index contributed by atoms with van der Waals surface area (Å²) in [4.78, 5) is 5.09. The second-order valence-corrected chi connectivity index (χ2v) is 8.44. The van der Waals surface area contributed by atoms with Crippen molar-refractivity contribution in [2.75, 3.05) is 14.2 Å². The van der Waals surface area contributed by atoms with Crippen LogP contribution in [-0.4, -0.2) is 19.2 Å². The van der Waals surface area contributed by atoms with E-state index >= 15 is 0 Å². The second-order valence-electron chi connectivity index (χ2n) is 8.44. The molecule has 0 aliphatic rings. The summed E-state index contributed by atoms with van der Waals surface area (Å²) >= 11 is 0. The van der Waals surface area contributed by atoms with E-state index in [0.717, 1.165) is 50.7 Å². The van der Waals surface area contributed by atoms with E-state index in [1.54, 1.807) is 26.4 Å². The lowest BCUT2D eigenvalue weighted by Gasteiger charge is -2.13. The van der Waals surface area contributed by atoms with Gasteiger partial charge in [0.15, 0.2) is 18.9 Å². The molecule has 0 N–H and O–H groups in total.